The number of hydrogen-bond donors (Lipinski definition) is 0. The lowest BCUT2D eigenvalue weighted by Crippen LogP contribution is -2.43. The van der Waals surface area contributed by atoms with Gasteiger partial charge in [0.1, 0.15) is 18.1 Å². The Labute approximate surface area is 192 Å². The summed E-state index contributed by atoms with van der Waals surface area (Å²) in [5, 5.41) is 0. The predicted octanol–water partition coefficient (Wildman–Crippen LogP) is 3.80. The molecule has 0 bridgehead atoms. The van der Waals surface area contributed by atoms with Gasteiger partial charge in [-0.2, -0.15) is 0 Å². The van der Waals surface area contributed by atoms with Crippen molar-refractivity contribution in [2.24, 2.45) is 5.92 Å². The van der Waals surface area contributed by atoms with Gasteiger partial charge in [0.25, 0.3) is 0 Å². The van der Waals surface area contributed by atoms with Crippen molar-refractivity contribution in [1.82, 2.24) is 9.80 Å². The van der Waals surface area contributed by atoms with Crippen LogP contribution < -0.4 is 9.47 Å². The van der Waals surface area contributed by atoms with E-state index in [1.165, 1.54) is 11.1 Å². The molecule has 32 heavy (non-hydrogen) atoms. The molecule has 6 heteroatoms. The molecular formula is C26H36N2O4. The van der Waals surface area contributed by atoms with Crippen LogP contribution in [0.5, 0.6) is 11.5 Å². The van der Waals surface area contributed by atoms with E-state index in [1.54, 1.807) is 21.3 Å². The van der Waals surface area contributed by atoms with Crippen molar-refractivity contribution in [1.29, 1.82) is 0 Å². The minimum absolute atomic E-state index is 0.0347. The molecule has 2 aromatic carbocycles. The average Bonchev–Trinajstić information content (AvgIpc) is 3.19. The Kier molecular flexibility index (Phi) is 8.53. The number of carbonyl (C=O) groups excluding carboxylic acids is 1. The molecule has 174 valence electrons. The maximum absolute atomic E-state index is 12.7. The molecule has 1 heterocycles. The number of benzene rings is 2. The highest BCUT2D eigenvalue weighted by Crippen LogP contribution is 2.38. The number of methoxy groups -OCH3 is 3. The van der Waals surface area contributed by atoms with E-state index in [9.17, 15) is 4.79 Å². The molecule has 0 N–H and O–H groups in total. The fourth-order valence-corrected chi connectivity index (χ4v) is 4.69. The number of carbonyl (C=O) groups is 1. The molecule has 1 aliphatic rings. The summed E-state index contributed by atoms with van der Waals surface area (Å²) >= 11 is 0. The minimum atomic E-state index is 0.0347. The highest BCUT2D eigenvalue weighted by atomic mass is 16.5. The highest BCUT2D eigenvalue weighted by molar-refractivity contribution is 5.77. The van der Waals surface area contributed by atoms with Gasteiger partial charge in [0.05, 0.1) is 14.2 Å². The van der Waals surface area contributed by atoms with Gasteiger partial charge in [0, 0.05) is 45.2 Å². The molecule has 2 atom stereocenters. The number of amides is 1. The summed E-state index contributed by atoms with van der Waals surface area (Å²) in [5.74, 6) is 2.38. The molecule has 1 amide bonds. The Balaban J connectivity index is 1.86. The van der Waals surface area contributed by atoms with E-state index in [4.69, 9.17) is 14.2 Å². The zero-order valence-electron chi connectivity index (χ0n) is 19.9. The summed E-state index contributed by atoms with van der Waals surface area (Å²) < 4.78 is 16.2. The average molecular weight is 441 g/mol. The topological polar surface area (TPSA) is 51.2 Å². The minimum Gasteiger partial charge on any atom is -0.497 e. The molecule has 6 nitrogen and oxygen atoms in total. The van der Waals surface area contributed by atoms with Gasteiger partial charge >= 0.3 is 0 Å². The van der Waals surface area contributed by atoms with Crippen molar-refractivity contribution in [3.63, 3.8) is 0 Å². The third-order valence-corrected chi connectivity index (χ3v) is 6.24. The molecular weight excluding hydrogens is 404 g/mol. The Morgan fingerprint density at radius 2 is 1.84 bits per heavy atom. The Hall–Kier alpha value is -2.57. The number of ether oxygens (including phenoxy) is 3. The van der Waals surface area contributed by atoms with Crippen LogP contribution in [0.2, 0.25) is 0 Å². The first-order valence-electron chi connectivity index (χ1n) is 11.2. The molecule has 1 aliphatic heterocycles. The van der Waals surface area contributed by atoms with E-state index in [1.807, 2.05) is 29.2 Å². The Morgan fingerprint density at radius 3 is 2.53 bits per heavy atom. The van der Waals surface area contributed by atoms with Crippen LogP contribution in [0.15, 0.2) is 48.5 Å². The monoisotopic (exact) mass is 440 g/mol. The van der Waals surface area contributed by atoms with Crippen LogP contribution in [0.3, 0.4) is 0 Å². The third-order valence-electron chi connectivity index (χ3n) is 6.24. The van der Waals surface area contributed by atoms with Crippen LogP contribution in [0, 0.1) is 5.92 Å². The molecule has 0 aliphatic carbocycles. The van der Waals surface area contributed by atoms with Crippen LogP contribution in [-0.4, -0.2) is 69.3 Å². The van der Waals surface area contributed by atoms with E-state index in [-0.39, 0.29) is 24.5 Å². The van der Waals surface area contributed by atoms with Gasteiger partial charge in [-0.3, -0.25) is 9.69 Å². The van der Waals surface area contributed by atoms with E-state index < -0.39 is 0 Å². The second-order valence-corrected chi connectivity index (χ2v) is 8.73. The summed E-state index contributed by atoms with van der Waals surface area (Å²) in [6.07, 6.45) is 0. The number of likely N-dealkylation sites (tertiary alicyclic amines) is 1. The van der Waals surface area contributed by atoms with E-state index >= 15 is 0 Å². The fourth-order valence-electron chi connectivity index (χ4n) is 4.69. The summed E-state index contributed by atoms with van der Waals surface area (Å²) in [5.41, 5.74) is 2.43. The number of nitrogens with zero attached hydrogens (tertiary/aromatic N) is 2. The maximum atomic E-state index is 12.7. The van der Waals surface area contributed by atoms with Crippen LogP contribution in [0.1, 0.15) is 30.9 Å². The summed E-state index contributed by atoms with van der Waals surface area (Å²) in [4.78, 5) is 17.1. The standard InChI is InChI=1S/C26H36N2O4/c1-19(2)28(26(29)18-30-3)16-21-15-27(14-20-9-8-10-22(13-20)31-4)17-24(21)23-11-6-7-12-25(23)32-5/h6-13,19,21,24H,14-18H2,1-5H3. The van der Waals surface area contributed by atoms with Gasteiger partial charge in [0.15, 0.2) is 0 Å². The van der Waals surface area contributed by atoms with Crippen LogP contribution in [0.4, 0.5) is 0 Å². The Morgan fingerprint density at radius 1 is 1.06 bits per heavy atom. The van der Waals surface area contributed by atoms with Gasteiger partial charge in [-0.1, -0.05) is 30.3 Å². The van der Waals surface area contributed by atoms with Gasteiger partial charge in [0.2, 0.25) is 5.91 Å². The lowest BCUT2D eigenvalue weighted by atomic mass is 9.87. The first-order valence-corrected chi connectivity index (χ1v) is 11.2. The summed E-state index contributed by atoms with van der Waals surface area (Å²) in [7, 11) is 4.99. The van der Waals surface area contributed by atoms with Crippen molar-refractivity contribution in [3.8, 4) is 11.5 Å². The van der Waals surface area contributed by atoms with Crippen LogP contribution in [0.25, 0.3) is 0 Å². The molecule has 0 radical (unpaired) electrons. The zero-order chi connectivity index (χ0) is 23.1. The molecule has 0 aromatic heterocycles. The number of para-hydroxylation sites is 1. The fraction of sp³-hybridized carbons (Fsp3) is 0.500. The lowest BCUT2D eigenvalue weighted by Gasteiger charge is -2.31. The number of hydrogen-bond acceptors (Lipinski definition) is 5. The van der Waals surface area contributed by atoms with Crippen molar-refractivity contribution in [2.75, 3.05) is 47.6 Å². The van der Waals surface area contributed by atoms with Crippen molar-refractivity contribution >= 4 is 5.91 Å². The normalized spacial score (nSPS) is 18.7. The van der Waals surface area contributed by atoms with Crippen LogP contribution >= 0.6 is 0 Å². The van der Waals surface area contributed by atoms with E-state index in [0.29, 0.717) is 12.5 Å². The molecule has 3 rings (SSSR count). The summed E-state index contributed by atoms with van der Waals surface area (Å²) in [6.45, 7) is 7.58. The first kappa shape index (κ1) is 24.1. The van der Waals surface area contributed by atoms with Gasteiger partial charge in [-0.25, -0.2) is 0 Å². The van der Waals surface area contributed by atoms with Gasteiger partial charge in [-0.05, 0) is 49.1 Å². The van der Waals surface area contributed by atoms with Crippen molar-refractivity contribution in [3.05, 3.63) is 59.7 Å². The van der Waals surface area contributed by atoms with Crippen LogP contribution in [-0.2, 0) is 16.1 Å². The largest absolute Gasteiger partial charge is 0.497 e. The maximum Gasteiger partial charge on any atom is 0.248 e. The molecule has 0 saturated carbocycles. The molecule has 1 fully saturated rings. The second kappa shape index (κ2) is 11.3. The molecule has 2 aromatic rings. The number of rotatable bonds is 10. The molecule has 2 unspecified atom stereocenters. The lowest BCUT2D eigenvalue weighted by molar-refractivity contribution is -0.137. The van der Waals surface area contributed by atoms with E-state index in [0.717, 1.165) is 31.1 Å². The highest BCUT2D eigenvalue weighted by Gasteiger charge is 2.37. The second-order valence-electron chi connectivity index (χ2n) is 8.73. The SMILES string of the molecule is COCC(=O)N(CC1CN(Cc2cccc(OC)c2)CC1c1ccccc1OC)C(C)C. The molecule has 0 spiro atoms. The van der Waals surface area contributed by atoms with Crippen molar-refractivity contribution in [2.45, 2.75) is 32.4 Å². The van der Waals surface area contributed by atoms with Gasteiger partial charge < -0.3 is 19.1 Å². The third kappa shape index (κ3) is 5.81. The first-order chi connectivity index (χ1) is 15.5. The molecule has 1 saturated heterocycles. The van der Waals surface area contributed by atoms with Crippen molar-refractivity contribution < 1.29 is 19.0 Å². The van der Waals surface area contributed by atoms with Gasteiger partial charge in [-0.15, -0.1) is 0 Å². The summed E-state index contributed by atoms with van der Waals surface area (Å²) in [6, 6.07) is 16.6. The quantitative estimate of drug-likeness (QED) is 0.562. The predicted molar refractivity (Wildman–Crippen MR) is 126 cm³/mol. The smallest absolute Gasteiger partial charge is 0.248 e. The Bertz CT molecular complexity index is 886. The zero-order valence-corrected chi connectivity index (χ0v) is 19.9. The van der Waals surface area contributed by atoms with E-state index in [2.05, 4.69) is 43.0 Å².